The van der Waals surface area contributed by atoms with Gasteiger partial charge in [-0.15, -0.1) is 0 Å². The predicted octanol–water partition coefficient (Wildman–Crippen LogP) is 1.24. The van der Waals surface area contributed by atoms with Crippen LogP contribution in [-0.4, -0.2) is 52.3 Å². The van der Waals surface area contributed by atoms with Crippen molar-refractivity contribution in [2.75, 3.05) is 19.6 Å². The first-order chi connectivity index (χ1) is 9.25. The van der Waals surface area contributed by atoms with Gasteiger partial charge in [0.2, 0.25) is 5.91 Å². The van der Waals surface area contributed by atoms with Gasteiger partial charge in [0.15, 0.2) is 0 Å². The molecule has 0 aliphatic carbocycles. The molecule has 102 valence electrons. The molecule has 2 fully saturated rings. The molecule has 1 aromatic heterocycles. The van der Waals surface area contributed by atoms with Crippen LogP contribution in [0.5, 0.6) is 0 Å². The fourth-order valence-corrected chi connectivity index (χ4v) is 3.08. The molecule has 19 heavy (non-hydrogen) atoms. The van der Waals surface area contributed by atoms with Crippen molar-refractivity contribution in [3.05, 3.63) is 24.0 Å². The molecule has 2 aliphatic heterocycles. The van der Waals surface area contributed by atoms with Crippen molar-refractivity contribution in [3.8, 4) is 0 Å². The first-order valence-electron chi connectivity index (χ1n) is 6.98. The van der Waals surface area contributed by atoms with Crippen LogP contribution < -0.4 is 0 Å². The first-order valence-corrected chi connectivity index (χ1v) is 6.98. The Morgan fingerprint density at radius 2 is 2.21 bits per heavy atom. The van der Waals surface area contributed by atoms with E-state index in [0.717, 1.165) is 32.4 Å². The zero-order chi connectivity index (χ0) is 13.2. The summed E-state index contributed by atoms with van der Waals surface area (Å²) in [5, 5.41) is 0. The Bertz CT molecular complexity index is 469. The SMILES string of the molecule is O=C(c1ccc[nH]1)N1CCCC(N2CCCC2=O)C1. The molecule has 0 spiro atoms. The maximum atomic E-state index is 12.3. The predicted molar refractivity (Wildman–Crippen MR) is 70.7 cm³/mol. The number of amides is 2. The van der Waals surface area contributed by atoms with Crippen molar-refractivity contribution in [1.29, 1.82) is 0 Å². The summed E-state index contributed by atoms with van der Waals surface area (Å²) < 4.78 is 0. The van der Waals surface area contributed by atoms with E-state index in [4.69, 9.17) is 0 Å². The third-order valence-corrected chi connectivity index (χ3v) is 4.06. The van der Waals surface area contributed by atoms with Crippen LogP contribution in [0, 0.1) is 0 Å². The van der Waals surface area contributed by atoms with Crippen molar-refractivity contribution in [2.45, 2.75) is 31.7 Å². The Kier molecular flexibility index (Phi) is 3.27. The number of carbonyl (C=O) groups excluding carboxylic acids is 2. The molecule has 1 atom stereocenters. The molecule has 1 N–H and O–H groups in total. The lowest BCUT2D eigenvalue weighted by Crippen LogP contribution is -2.50. The van der Waals surface area contributed by atoms with E-state index in [9.17, 15) is 9.59 Å². The van der Waals surface area contributed by atoms with E-state index in [0.29, 0.717) is 18.7 Å². The van der Waals surface area contributed by atoms with Gasteiger partial charge in [0.05, 0.1) is 0 Å². The van der Waals surface area contributed by atoms with Gasteiger partial charge in [-0.05, 0) is 31.4 Å². The van der Waals surface area contributed by atoms with Gasteiger partial charge in [-0.1, -0.05) is 0 Å². The molecule has 3 heterocycles. The Balaban J connectivity index is 1.68. The van der Waals surface area contributed by atoms with Gasteiger partial charge < -0.3 is 14.8 Å². The highest BCUT2D eigenvalue weighted by Crippen LogP contribution is 2.22. The minimum absolute atomic E-state index is 0.0429. The monoisotopic (exact) mass is 261 g/mol. The summed E-state index contributed by atoms with van der Waals surface area (Å²) in [5.74, 6) is 0.292. The minimum Gasteiger partial charge on any atom is -0.357 e. The van der Waals surface area contributed by atoms with Crippen molar-refractivity contribution in [1.82, 2.24) is 14.8 Å². The van der Waals surface area contributed by atoms with Gasteiger partial charge in [0.25, 0.3) is 5.91 Å². The average molecular weight is 261 g/mol. The lowest BCUT2D eigenvalue weighted by molar-refractivity contribution is -0.130. The molecule has 3 rings (SSSR count). The summed E-state index contributed by atoms with van der Waals surface area (Å²) in [6, 6.07) is 3.84. The second-order valence-electron chi connectivity index (χ2n) is 5.32. The van der Waals surface area contributed by atoms with Gasteiger partial charge in [0.1, 0.15) is 5.69 Å². The molecule has 1 unspecified atom stereocenters. The van der Waals surface area contributed by atoms with Crippen molar-refractivity contribution >= 4 is 11.8 Å². The number of aromatic nitrogens is 1. The van der Waals surface area contributed by atoms with Gasteiger partial charge >= 0.3 is 0 Å². The molecule has 1 aromatic rings. The molecule has 0 saturated carbocycles. The van der Waals surface area contributed by atoms with E-state index in [1.807, 2.05) is 15.9 Å². The number of carbonyl (C=O) groups is 2. The molecule has 5 heteroatoms. The number of hydrogen-bond donors (Lipinski definition) is 1. The summed E-state index contributed by atoms with van der Waals surface area (Å²) >= 11 is 0. The van der Waals surface area contributed by atoms with E-state index < -0.39 is 0 Å². The summed E-state index contributed by atoms with van der Waals surface area (Å²) in [6.45, 7) is 2.31. The second-order valence-corrected chi connectivity index (χ2v) is 5.32. The summed E-state index contributed by atoms with van der Waals surface area (Å²) in [5.41, 5.74) is 0.633. The zero-order valence-corrected chi connectivity index (χ0v) is 11.0. The van der Waals surface area contributed by atoms with Crippen molar-refractivity contribution in [2.24, 2.45) is 0 Å². The molecule has 2 aliphatic rings. The summed E-state index contributed by atoms with van der Waals surface area (Å²) in [7, 11) is 0. The number of piperidine rings is 1. The van der Waals surface area contributed by atoms with Crippen molar-refractivity contribution < 1.29 is 9.59 Å². The van der Waals surface area contributed by atoms with Crippen LogP contribution in [-0.2, 0) is 4.79 Å². The Labute approximate surface area is 112 Å². The molecule has 0 radical (unpaired) electrons. The summed E-state index contributed by atoms with van der Waals surface area (Å²) in [4.78, 5) is 30.9. The highest BCUT2D eigenvalue weighted by atomic mass is 16.2. The first kappa shape index (κ1) is 12.3. The number of hydrogen-bond acceptors (Lipinski definition) is 2. The van der Waals surface area contributed by atoms with Crippen LogP contribution in [0.2, 0.25) is 0 Å². The second kappa shape index (κ2) is 5.07. The fraction of sp³-hybridized carbons (Fsp3) is 0.571. The topological polar surface area (TPSA) is 56.4 Å². The van der Waals surface area contributed by atoms with E-state index in [1.54, 1.807) is 12.3 Å². The van der Waals surface area contributed by atoms with E-state index in [2.05, 4.69) is 4.98 Å². The average Bonchev–Trinajstić information content (AvgIpc) is 3.09. The van der Waals surface area contributed by atoms with Crippen LogP contribution in [0.4, 0.5) is 0 Å². The third kappa shape index (κ3) is 2.37. The normalized spacial score (nSPS) is 24.0. The van der Waals surface area contributed by atoms with Crippen LogP contribution >= 0.6 is 0 Å². The van der Waals surface area contributed by atoms with Crippen LogP contribution in [0.15, 0.2) is 18.3 Å². The zero-order valence-electron chi connectivity index (χ0n) is 11.0. The maximum absolute atomic E-state index is 12.3. The van der Waals surface area contributed by atoms with Gasteiger partial charge in [-0.2, -0.15) is 0 Å². The van der Waals surface area contributed by atoms with E-state index >= 15 is 0 Å². The maximum Gasteiger partial charge on any atom is 0.270 e. The summed E-state index contributed by atoms with van der Waals surface area (Å²) in [6.07, 6.45) is 5.38. The number of H-pyrrole nitrogens is 1. The molecular weight excluding hydrogens is 242 g/mol. The fourth-order valence-electron chi connectivity index (χ4n) is 3.08. The number of nitrogens with zero attached hydrogens (tertiary/aromatic N) is 2. The van der Waals surface area contributed by atoms with Crippen molar-refractivity contribution in [3.63, 3.8) is 0 Å². The Hall–Kier alpha value is -1.78. The molecular formula is C14H19N3O2. The van der Waals surface area contributed by atoms with Crippen LogP contribution in [0.25, 0.3) is 0 Å². The van der Waals surface area contributed by atoms with E-state index in [1.165, 1.54) is 0 Å². The lowest BCUT2D eigenvalue weighted by Gasteiger charge is -2.37. The third-order valence-electron chi connectivity index (χ3n) is 4.06. The Morgan fingerprint density at radius 1 is 1.32 bits per heavy atom. The van der Waals surface area contributed by atoms with Crippen LogP contribution in [0.1, 0.15) is 36.2 Å². The number of rotatable bonds is 2. The number of likely N-dealkylation sites (tertiary alicyclic amines) is 2. The number of aromatic amines is 1. The van der Waals surface area contributed by atoms with Crippen LogP contribution in [0.3, 0.4) is 0 Å². The smallest absolute Gasteiger partial charge is 0.270 e. The molecule has 2 amide bonds. The highest BCUT2D eigenvalue weighted by Gasteiger charge is 2.33. The largest absolute Gasteiger partial charge is 0.357 e. The van der Waals surface area contributed by atoms with Gasteiger partial charge in [-0.25, -0.2) is 0 Å². The molecule has 0 aromatic carbocycles. The standard InChI is InChI=1S/C14H19N3O2/c18-13-6-3-9-17(13)11-4-2-8-16(10-11)14(19)12-5-1-7-15-12/h1,5,7,11,15H,2-4,6,8-10H2. The molecule has 2 saturated heterocycles. The van der Waals surface area contributed by atoms with E-state index in [-0.39, 0.29) is 17.9 Å². The lowest BCUT2D eigenvalue weighted by atomic mass is 10.0. The van der Waals surface area contributed by atoms with Gasteiger partial charge in [0, 0.05) is 38.3 Å². The highest BCUT2D eigenvalue weighted by molar-refractivity contribution is 5.92. The molecule has 5 nitrogen and oxygen atoms in total. The number of nitrogens with one attached hydrogen (secondary N) is 1. The minimum atomic E-state index is 0.0429. The Morgan fingerprint density at radius 3 is 2.89 bits per heavy atom. The quantitative estimate of drug-likeness (QED) is 0.871. The van der Waals surface area contributed by atoms with Gasteiger partial charge in [-0.3, -0.25) is 9.59 Å². The molecule has 0 bridgehead atoms.